The molecule has 1 unspecified atom stereocenters. The second kappa shape index (κ2) is 7.02. The van der Waals surface area contributed by atoms with Crippen molar-refractivity contribution in [2.24, 2.45) is 0 Å². The predicted octanol–water partition coefficient (Wildman–Crippen LogP) is 1.35. The van der Waals surface area contributed by atoms with Crippen molar-refractivity contribution in [2.75, 3.05) is 13.1 Å². The lowest BCUT2D eigenvalue weighted by molar-refractivity contribution is -0.389. The van der Waals surface area contributed by atoms with Gasteiger partial charge in [-0.25, -0.2) is 4.79 Å². The first-order valence-corrected chi connectivity index (χ1v) is 5.90. The predicted molar refractivity (Wildman–Crippen MR) is 63.7 cm³/mol. The van der Waals surface area contributed by atoms with Gasteiger partial charge in [0.25, 0.3) is 0 Å². The molecule has 118 valence electrons. The Bertz CT molecular complexity index is 497. The van der Waals surface area contributed by atoms with Gasteiger partial charge < -0.3 is 25.1 Å². The fourth-order valence-electron chi connectivity index (χ4n) is 1.71. The van der Waals surface area contributed by atoms with Crippen LogP contribution in [0.4, 0.5) is 19.0 Å². The van der Waals surface area contributed by atoms with Crippen LogP contribution < -0.4 is 5.32 Å². The zero-order valence-corrected chi connectivity index (χ0v) is 10.7. The Morgan fingerprint density at radius 2 is 2.19 bits per heavy atom. The molecule has 1 aliphatic heterocycles. The first-order valence-electron chi connectivity index (χ1n) is 5.90. The number of rotatable bonds is 2. The molecule has 1 atom stereocenters. The lowest BCUT2D eigenvalue weighted by Gasteiger charge is -2.22. The Kier molecular flexibility index (Phi) is 5.64. The molecule has 1 aromatic heterocycles. The van der Waals surface area contributed by atoms with Crippen LogP contribution in [0.25, 0.3) is 0 Å². The van der Waals surface area contributed by atoms with E-state index in [0.29, 0.717) is 6.04 Å². The van der Waals surface area contributed by atoms with E-state index < -0.39 is 17.1 Å². The molecule has 2 N–H and O–H groups in total. The Balaban J connectivity index is 0.000000270. The highest BCUT2D eigenvalue weighted by Crippen LogP contribution is 2.18. The first kappa shape index (κ1) is 16.9. The van der Waals surface area contributed by atoms with Crippen molar-refractivity contribution in [1.82, 2.24) is 14.9 Å². The molecule has 11 heteroatoms. The van der Waals surface area contributed by atoms with Crippen LogP contribution in [0.5, 0.6) is 0 Å². The van der Waals surface area contributed by atoms with Crippen molar-refractivity contribution >= 4 is 11.8 Å². The third kappa shape index (κ3) is 5.38. The summed E-state index contributed by atoms with van der Waals surface area (Å²) in [6.07, 6.45) is 0.116. The fraction of sp³-hybridized carbons (Fsp3) is 0.600. The minimum Gasteiger partial charge on any atom is -0.475 e. The van der Waals surface area contributed by atoms with Crippen LogP contribution in [0.15, 0.2) is 12.5 Å². The average molecular weight is 310 g/mol. The Morgan fingerprint density at radius 1 is 1.57 bits per heavy atom. The number of carboxylic acid groups (broad SMARTS) is 1. The van der Waals surface area contributed by atoms with Gasteiger partial charge in [-0.05, 0) is 29.3 Å². The van der Waals surface area contributed by atoms with Gasteiger partial charge in [0.05, 0.1) is 0 Å². The second-order valence-corrected chi connectivity index (χ2v) is 4.24. The quantitative estimate of drug-likeness (QED) is 0.630. The molecule has 8 nitrogen and oxygen atoms in total. The highest BCUT2D eigenvalue weighted by molar-refractivity contribution is 5.73. The number of nitrogens with zero attached hydrogens (tertiary/aromatic N) is 3. The highest BCUT2D eigenvalue weighted by atomic mass is 19.4. The van der Waals surface area contributed by atoms with E-state index in [9.17, 15) is 23.3 Å². The second-order valence-electron chi connectivity index (χ2n) is 4.24. The van der Waals surface area contributed by atoms with E-state index in [1.54, 1.807) is 0 Å². The molecule has 1 aromatic rings. The van der Waals surface area contributed by atoms with Crippen LogP contribution >= 0.6 is 0 Å². The van der Waals surface area contributed by atoms with E-state index in [-0.39, 0.29) is 5.82 Å². The monoisotopic (exact) mass is 310 g/mol. The molecule has 2 rings (SSSR count). The number of hydrogen-bond acceptors (Lipinski definition) is 5. The first-order chi connectivity index (χ1) is 9.71. The summed E-state index contributed by atoms with van der Waals surface area (Å²) in [7, 11) is 0. The van der Waals surface area contributed by atoms with Gasteiger partial charge >= 0.3 is 18.0 Å². The van der Waals surface area contributed by atoms with Gasteiger partial charge in [0.15, 0.2) is 0 Å². The van der Waals surface area contributed by atoms with E-state index >= 15 is 0 Å². The summed E-state index contributed by atoms with van der Waals surface area (Å²) in [5, 5.41) is 20.8. The standard InChI is InChI=1S/C8H12N4O2.C2HF3O2/c13-12(14)8-5-11(6-10-8)7-2-1-3-9-4-7;3-2(4,5)1(6)7/h5-7,9H,1-4H2;(H,6,7). The summed E-state index contributed by atoms with van der Waals surface area (Å²) in [5.74, 6) is -2.83. The Morgan fingerprint density at radius 3 is 2.57 bits per heavy atom. The van der Waals surface area contributed by atoms with Crippen LogP contribution in [0.2, 0.25) is 0 Å². The number of aromatic nitrogens is 2. The molecule has 0 amide bonds. The van der Waals surface area contributed by atoms with Gasteiger partial charge in [-0.3, -0.25) is 0 Å². The van der Waals surface area contributed by atoms with Crippen molar-refractivity contribution in [2.45, 2.75) is 25.1 Å². The van der Waals surface area contributed by atoms with Crippen molar-refractivity contribution in [1.29, 1.82) is 0 Å². The topological polar surface area (TPSA) is 110 Å². The molecular formula is C10H13F3N4O4. The SMILES string of the molecule is O=C(O)C(F)(F)F.O=[N+]([O-])c1cn(C2CCCNC2)cn1. The minimum atomic E-state index is -5.08. The Labute approximate surface area is 116 Å². The van der Waals surface area contributed by atoms with Crippen LogP contribution in [0.3, 0.4) is 0 Å². The number of halogens is 3. The third-order valence-electron chi connectivity index (χ3n) is 2.71. The summed E-state index contributed by atoms with van der Waals surface area (Å²) >= 11 is 0. The third-order valence-corrected chi connectivity index (χ3v) is 2.71. The summed E-state index contributed by atoms with van der Waals surface area (Å²) < 4.78 is 33.6. The van der Waals surface area contributed by atoms with Gasteiger partial charge in [-0.15, -0.1) is 0 Å². The van der Waals surface area contributed by atoms with Gasteiger partial charge in [-0.1, -0.05) is 0 Å². The molecule has 0 spiro atoms. The lowest BCUT2D eigenvalue weighted by Crippen LogP contribution is -2.31. The van der Waals surface area contributed by atoms with E-state index in [1.165, 1.54) is 12.5 Å². The number of carboxylic acids is 1. The maximum absolute atomic E-state index is 10.6. The van der Waals surface area contributed by atoms with E-state index in [2.05, 4.69) is 10.3 Å². The van der Waals surface area contributed by atoms with Crippen molar-refractivity contribution in [3.8, 4) is 0 Å². The Hall–Kier alpha value is -2.17. The fourth-order valence-corrected chi connectivity index (χ4v) is 1.71. The lowest BCUT2D eigenvalue weighted by atomic mass is 10.1. The molecule has 0 aromatic carbocycles. The smallest absolute Gasteiger partial charge is 0.475 e. The molecule has 1 aliphatic rings. The van der Waals surface area contributed by atoms with Crippen LogP contribution in [0.1, 0.15) is 18.9 Å². The molecule has 1 fully saturated rings. The minimum absolute atomic E-state index is 0.0735. The summed E-state index contributed by atoms with van der Waals surface area (Å²) in [5.41, 5.74) is 0. The highest BCUT2D eigenvalue weighted by Gasteiger charge is 2.38. The van der Waals surface area contributed by atoms with E-state index in [1.807, 2.05) is 4.57 Å². The maximum atomic E-state index is 10.6. The van der Waals surface area contributed by atoms with Crippen molar-refractivity contribution in [3.63, 3.8) is 0 Å². The number of aliphatic carboxylic acids is 1. The van der Waals surface area contributed by atoms with Gasteiger partial charge in [0.1, 0.15) is 6.20 Å². The molecule has 0 bridgehead atoms. The number of imidazole rings is 1. The summed E-state index contributed by atoms with van der Waals surface area (Å²) in [4.78, 5) is 22.6. The van der Waals surface area contributed by atoms with Crippen molar-refractivity contribution in [3.05, 3.63) is 22.6 Å². The van der Waals surface area contributed by atoms with Gasteiger partial charge in [-0.2, -0.15) is 13.2 Å². The van der Waals surface area contributed by atoms with Gasteiger partial charge in [0, 0.05) is 12.6 Å². The molecule has 0 aliphatic carbocycles. The van der Waals surface area contributed by atoms with Crippen LogP contribution in [0, 0.1) is 10.1 Å². The largest absolute Gasteiger partial charge is 0.490 e. The van der Waals surface area contributed by atoms with E-state index in [4.69, 9.17) is 9.90 Å². The summed E-state index contributed by atoms with van der Waals surface area (Å²) in [6, 6.07) is 0.310. The molecule has 0 radical (unpaired) electrons. The molecule has 2 heterocycles. The molecule has 21 heavy (non-hydrogen) atoms. The zero-order valence-electron chi connectivity index (χ0n) is 10.7. The van der Waals surface area contributed by atoms with E-state index in [0.717, 1.165) is 25.9 Å². The molecular weight excluding hydrogens is 297 g/mol. The summed E-state index contributed by atoms with van der Waals surface area (Å²) in [6.45, 7) is 1.90. The normalized spacial score (nSPS) is 18.5. The van der Waals surface area contributed by atoms with Crippen LogP contribution in [-0.2, 0) is 4.79 Å². The zero-order chi connectivity index (χ0) is 16.0. The molecule has 1 saturated heterocycles. The van der Waals surface area contributed by atoms with Gasteiger partial charge in [0.2, 0.25) is 6.33 Å². The number of nitro groups is 1. The number of carbonyl (C=O) groups is 1. The molecule has 0 saturated carbocycles. The number of nitrogens with one attached hydrogen (secondary N) is 1. The number of hydrogen-bond donors (Lipinski definition) is 2. The van der Waals surface area contributed by atoms with Crippen LogP contribution in [-0.4, -0.2) is 44.8 Å². The maximum Gasteiger partial charge on any atom is 0.490 e. The average Bonchev–Trinajstić information content (AvgIpc) is 2.89. The number of alkyl halides is 3. The van der Waals surface area contributed by atoms with Crippen molar-refractivity contribution < 1.29 is 28.0 Å². The number of piperidine rings is 1.